The molecule has 0 aliphatic carbocycles. The molecule has 0 saturated heterocycles. The minimum absolute atomic E-state index is 0.0875. The highest BCUT2D eigenvalue weighted by Crippen LogP contribution is 2.24. The molecule has 112 valence electrons. The van der Waals surface area contributed by atoms with Crippen molar-refractivity contribution in [3.8, 4) is 0 Å². The normalized spacial score (nSPS) is 13.0. The van der Waals surface area contributed by atoms with Crippen molar-refractivity contribution in [2.45, 2.75) is 18.6 Å². The van der Waals surface area contributed by atoms with E-state index >= 15 is 0 Å². The van der Waals surface area contributed by atoms with Gasteiger partial charge in [-0.05, 0) is 35.7 Å². The Morgan fingerprint density at radius 1 is 1.24 bits per heavy atom. The number of carboxylic acids is 2. The molecular formula is C12H13N3O6. The molecule has 1 aromatic rings. The van der Waals surface area contributed by atoms with E-state index in [9.17, 15) is 19.8 Å². The van der Waals surface area contributed by atoms with Gasteiger partial charge in [-0.1, -0.05) is 5.11 Å². The van der Waals surface area contributed by atoms with Gasteiger partial charge in [-0.2, -0.15) is 0 Å². The third-order valence-electron chi connectivity index (χ3n) is 2.80. The van der Waals surface area contributed by atoms with Crippen molar-refractivity contribution in [3.05, 3.63) is 45.3 Å². The van der Waals surface area contributed by atoms with Crippen LogP contribution >= 0.6 is 0 Å². The number of hydrogen-bond acceptors (Lipinski definition) is 5. The lowest BCUT2D eigenvalue weighted by Crippen LogP contribution is -2.22. The number of hydrogen-bond donors (Lipinski definition) is 4. The third kappa shape index (κ3) is 4.18. The molecule has 0 radical (unpaired) electrons. The van der Waals surface area contributed by atoms with Crippen LogP contribution in [0.3, 0.4) is 0 Å². The number of carbonyl (C=O) groups is 2. The van der Waals surface area contributed by atoms with Crippen LogP contribution in [0.1, 0.15) is 38.8 Å². The monoisotopic (exact) mass is 295 g/mol. The highest BCUT2D eigenvalue weighted by molar-refractivity contribution is 5.93. The molecule has 0 saturated carbocycles. The summed E-state index contributed by atoms with van der Waals surface area (Å²) in [6, 6.07) is 3.13. The summed E-state index contributed by atoms with van der Waals surface area (Å²) in [7, 11) is 0. The van der Waals surface area contributed by atoms with E-state index in [1.165, 1.54) is 0 Å². The number of azide groups is 1. The molecule has 2 unspecified atom stereocenters. The molecular weight excluding hydrogens is 282 g/mol. The zero-order valence-corrected chi connectivity index (χ0v) is 10.7. The molecule has 0 bridgehead atoms. The Hall–Kier alpha value is -2.61. The van der Waals surface area contributed by atoms with Gasteiger partial charge < -0.3 is 20.4 Å². The highest BCUT2D eigenvalue weighted by atomic mass is 16.4. The Morgan fingerprint density at radius 2 is 1.90 bits per heavy atom. The average molecular weight is 295 g/mol. The molecule has 0 fully saturated rings. The van der Waals surface area contributed by atoms with E-state index in [0.717, 1.165) is 18.2 Å². The van der Waals surface area contributed by atoms with E-state index < -0.39 is 24.1 Å². The number of benzene rings is 1. The van der Waals surface area contributed by atoms with Gasteiger partial charge in [0.25, 0.3) is 0 Å². The van der Waals surface area contributed by atoms with Gasteiger partial charge in [0.15, 0.2) is 0 Å². The summed E-state index contributed by atoms with van der Waals surface area (Å²) in [5.74, 6) is -2.65. The van der Waals surface area contributed by atoms with Crippen LogP contribution in [0.5, 0.6) is 0 Å². The summed E-state index contributed by atoms with van der Waals surface area (Å²) < 4.78 is 0. The van der Waals surface area contributed by atoms with Gasteiger partial charge in [0.05, 0.1) is 17.2 Å². The Kier molecular flexibility index (Phi) is 5.67. The molecule has 0 amide bonds. The van der Waals surface area contributed by atoms with E-state index in [4.69, 9.17) is 15.7 Å². The number of nitrogens with zero attached hydrogens (tertiary/aromatic N) is 3. The van der Waals surface area contributed by atoms with E-state index in [-0.39, 0.29) is 29.7 Å². The first-order valence-corrected chi connectivity index (χ1v) is 5.86. The van der Waals surface area contributed by atoms with Crippen molar-refractivity contribution < 1.29 is 30.0 Å². The van der Waals surface area contributed by atoms with Crippen molar-refractivity contribution in [3.63, 3.8) is 0 Å². The van der Waals surface area contributed by atoms with Crippen LogP contribution in [0.4, 0.5) is 0 Å². The summed E-state index contributed by atoms with van der Waals surface area (Å²) in [5.41, 5.74) is 7.39. The fraction of sp³-hybridized carbons (Fsp3) is 0.333. The van der Waals surface area contributed by atoms with Crippen LogP contribution in [0.2, 0.25) is 0 Å². The van der Waals surface area contributed by atoms with Gasteiger partial charge in [0.2, 0.25) is 0 Å². The summed E-state index contributed by atoms with van der Waals surface area (Å²) >= 11 is 0. The minimum atomic E-state index is -1.61. The molecule has 0 aromatic heterocycles. The van der Waals surface area contributed by atoms with Gasteiger partial charge in [0, 0.05) is 11.5 Å². The van der Waals surface area contributed by atoms with E-state index in [2.05, 4.69) is 10.0 Å². The summed E-state index contributed by atoms with van der Waals surface area (Å²) in [4.78, 5) is 24.5. The Balaban J connectivity index is 3.12. The molecule has 0 spiro atoms. The predicted octanol–water partition coefficient (Wildman–Crippen LogP) is 1.18. The Labute approximate surface area is 118 Å². The smallest absolute Gasteiger partial charge is 0.336 e. The number of rotatable bonds is 7. The first kappa shape index (κ1) is 16.4. The average Bonchev–Trinajstić information content (AvgIpc) is 2.45. The van der Waals surface area contributed by atoms with Gasteiger partial charge >= 0.3 is 11.9 Å². The lowest BCUT2D eigenvalue weighted by atomic mass is 9.95. The topological polar surface area (TPSA) is 164 Å². The number of aliphatic hydroxyl groups excluding tert-OH is 2. The van der Waals surface area contributed by atoms with Crippen LogP contribution in [0.15, 0.2) is 23.3 Å². The number of aliphatic hydroxyl groups is 2. The minimum Gasteiger partial charge on any atom is -0.478 e. The van der Waals surface area contributed by atoms with Crippen LogP contribution in [-0.2, 0) is 0 Å². The van der Waals surface area contributed by atoms with Crippen molar-refractivity contribution in [1.29, 1.82) is 0 Å². The molecule has 4 N–H and O–H groups in total. The van der Waals surface area contributed by atoms with Crippen LogP contribution in [0, 0.1) is 0 Å². The predicted molar refractivity (Wildman–Crippen MR) is 70.0 cm³/mol. The van der Waals surface area contributed by atoms with Gasteiger partial charge in [-0.25, -0.2) is 9.59 Å². The zero-order chi connectivity index (χ0) is 16.0. The van der Waals surface area contributed by atoms with E-state index in [0.29, 0.717) is 0 Å². The first-order chi connectivity index (χ1) is 9.88. The van der Waals surface area contributed by atoms with Gasteiger partial charge in [-0.3, -0.25) is 0 Å². The molecule has 1 rings (SSSR count). The molecule has 2 atom stereocenters. The van der Waals surface area contributed by atoms with Crippen LogP contribution in [-0.4, -0.2) is 45.0 Å². The lowest BCUT2D eigenvalue weighted by Gasteiger charge is -2.19. The molecule has 0 heterocycles. The van der Waals surface area contributed by atoms with Crippen LogP contribution < -0.4 is 0 Å². The second kappa shape index (κ2) is 7.25. The van der Waals surface area contributed by atoms with Crippen molar-refractivity contribution in [2.24, 2.45) is 5.11 Å². The second-order valence-electron chi connectivity index (χ2n) is 4.17. The van der Waals surface area contributed by atoms with Crippen LogP contribution in [0.25, 0.3) is 10.4 Å². The van der Waals surface area contributed by atoms with Gasteiger partial charge in [0.1, 0.15) is 6.10 Å². The molecule has 0 aliphatic rings. The molecule has 1 aromatic carbocycles. The van der Waals surface area contributed by atoms with Crippen molar-refractivity contribution >= 4 is 11.9 Å². The first-order valence-electron chi connectivity index (χ1n) is 5.86. The molecule has 21 heavy (non-hydrogen) atoms. The number of carboxylic acid groups (broad SMARTS) is 2. The quantitative estimate of drug-likeness (QED) is 0.335. The lowest BCUT2D eigenvalue weighted by molar-refractivity contribution is 0.0140. The summed E-state index contributed by atoms with van der Waals surface area (Å²) in [6.45, 7) is -0.0875. The largest absolute Gasteiger partial charge is 0.478 e. The Bertz CT molecular complexity index is 597. The van der Waals surface area contributed by atoms with Gasteiger partial charge in [-0.15, -0.1) is 0 Å². The SMILES string of the molecule is [N-]=[N+]=NCCC(O)C(O)c1cc(C(=O)O)ccc1C(=O)O. The molecule has 9 heteroatoms. The maximum Gasteiger partial charge on any atom is 0.336 e. The maximum atomic E-state index is 11.1. The van der Waals surface area contributed by atoms with Crippen molar-refractivity contribution in [1.82, 2.24) is 0 Å². The maximum absolute atomic E-state index is 11.1. The summed E-state index contributed by atoms with van der Waals surface area (Å²) in [5, 5.41) is 40.9. The Morgan fingerprint density at radius 3 is 2.43 bits per heavy atom. The molecule has 9 nitrogen and oxygen atoms in total. The van der Waals surface area contributed by atoms with E-state index in [1.54, 1.807) is 0 Å². The third-order valence-corrected chi connectivity index (χ3v) is 2.80. The fourth-order valence-electron chi connectivity index (χ4n) is 1.74. The molecule has 0 aliphatic heterocycles. The van der Waals surface area contributed by atoms with Crippen molar-refractivity contribution in [2.75, 3.05) is 6.54 Å². The van der Waals surface area contributed by atoms with E-state index in [1.807, 2.05) is 0 Å². The highest BCUT2D eigenvalue weighted by Gasteiger charge is 2.24. The number of aromatic carboxylic acids is 2. The standard InChI is InChI=1S/C12H13N3O6/c13-15-14-4-3-9(16)10(17)8-5-6(11(18)19)1-2-7(8)12(20)21/h1-2,5,9-10,16-17H,3-4H2,(H,18,19)(H,20,21). The fourth-order valence-corrected chi connectivity index (χ4v) is 1.74. The zero-order valence-electron chi connectivity index (χ0n) is 10.7. The second-order valence-corrected chi connectivity index (χ2v) is 4.17. The summed E-state index contributed by atoms with van der Waals surface area (Å²) in [6.07, 6.45) is -3.09.